The van der Waals surface area contributed by atoms with Crippen LogP contribution in [0.4, 0.5) is 0 Å². The van der Waals surface area contributed by atoms with Gasteiger partial charge in [0.1, 0.15) is 11.9 Å². The van der Waals surface area contributed by atoms with Gasteiger partial charge in [0.2, 0.25) is 0 Å². The van der Waals surface area contributed by atoms with Gasteiger partial charge in [0.15, 0.2) is 0 Å². The molecule has 3 heterocycles. The summed E-state index contributed by atoms with van der Waals surface area (Å²) in [7, 11) is 0. The average Bonchev–Trinajstić information content (AvgIpc) is 3.11. The van der Waals surface area contributed by atoms with E-state index in [0.29, 0.717) is 12.2 Å². The first kappa shape index (κ1) is 12.7. The van der Waals surface area contributed by atoms with Gasteiger partial charge in [-0.05, 0) is 44.2 Å². The van der Waals surface area contributed by atoms with Crippen molar-refractivity contribution < 1.29 is 9.47 Å². The Morgan fingerprint density at radius 1 is 1.35 bits per heavy atom. The van der Waals surface area contributed by atoms with Gasteiger partial charge in [0.25, 0.3) is 0 Å². The second-order valence-corrected chi connectivity index (χ2v) is 6.85. The number of ether oxygens (including phenoxy) is 2. The van der Waals surface area contributed by atoms with Gasteiger partial charge in [-0.15, -0.1) is 0 Å². The summed E-state index contributed by atoms with van der Waals surface area (Å²) in [6.07, 6.45) is 6.69. The van der Waals surface area contributed by atoms with E-state index in [0.717, 1.165) is 31.6 Å². The van der Waals surface area contributed by atoms with Crippen molar-refractivity contribution in [1.29, 1.82) is 0 Å². The van der Waals surface area contributed by atoms with E-state index in [2.05, 4.69) is 25.1 Å². The third kappa shape index (κ3) is 1.87. The summed E-state index contributed by atoms with van der Waals surface area (Å²) in [4.78, 5) is 0. The fraction of sp³-hybridized carbons (Fsp3) is 0.647. The number of hydrogen-bond donors (Lipinski definition) is 1. The fourth-order valence-electron chi connectivity index (χ4n) is 4.42. The maximum absolute atomic E-state index is 6.15. The maximum atomic E-state index is 6.15. The van der Waals surface area contributed by atoms with Crippen LogP contribution in [0.2, 0.25) is 0 Å². The molecule has 0 aliphatic carbocycles. The third-order valence-electron chi connectivity index (χ3n) is 5.42. The van der Waals surface area contributed by atoms with E-state index in [9.17, 15) is 0 Å². The molecular formula is C17H23NO2. The molecule has 4 atom stereocenters. The van der Waals surface area contributed by atoms with E-state index < -0.39 is 0 Å². The van der Waals surface area contributed by atoms with E-state index in [4.69, 9.17) is 15.2 Å². The van der Waals surface area contributed by atoms with E-state index in [1.54, 1.807) is 0 Å². The molecule has 0 saturated carbocycles. The van der Waals surface area contributed by atoms with Gasteiger partial charge < -0.3 is 15.2 Å². The standard InChI is InChI=1S/C17H23NO2/c1-11-2-4-15-12(6-11)7-14(19-15)9-17(10-18)8-13-3-5-16(17)20-13/h2,4,6,13-14,16H,3,5,7-10,18H2,1H3. The predicted molar refractivity (Wildman–Crippen MR) is 77.9 cm³/mol. The highest BCUT2D eigenvalue weighted by Crippen LogP contribution is 2.51. The monoisotopic (exact) mass is 273 g/mol. The van der Waals surface area contributed by atoms with Crippen molar-refractivity contribution in [3.63, 3.8) is 0 Å². The van der Waals surface area contributed by atoms with Gasteiger partial charge in [0.05, 0.1) is 12.2 Å². The van der Waals surface area contributed by atoms with E-state index >= 15 is 0 Å². The minimum atomic E-state index is 0.157. The molecule has 3 aliphatic rings. The molecule has 2 bridgehead atoms. The van der Waals surface area contributed by atoms with Crippen molar-refractivity contribution in [2.24, 2.45) is 11.1 Å². The van der Waals surface area contributed by atoms with Crippen LogP contribution in [0.15, 0.2) is 18.2 Å². The van der Waals surface area contributed by atoms with Crippen molar-refractivity contribution in [3.8, 4) is 5.75 Å². The first-order valence-electron chi connectivity index (χ1n) is 7.80. The molecule has 3 heteroatoms. The lowest BCUT2D eigenvalue weighted by atomic mass is 9.70. The summed E-state index contributed by atoms with van der Waals surface area (Å²) in [6, 6.07) is 6.49. The second kappa shape index (κ2) is 4.47. The summed E-state index contributed by atoms with van der Waals surface area (Å²) in [5.41, 5.74) is 8.95. The van der Waals surface area contributed by atoms with Crippen LogP contribution in [0.5, 0.6) is 5.75 Å². The molecule has 2 fully saturated rings. The zero-order chi connectivity index (χ0) is 13.7. The maximum Gasteiger partial charge on any atom is 0.123 e. The molecule has 1 aromatic carbocycles. The topological polar surface area (TPSA) is 44.5 Å². The van der Waals surface area contributed by atoms with Crippen LogP contribution in [-0.4, -0.2) is 24.9 Å². The number of aryl methyl sites for hydroxylation is 1. The number of nitrogens with two attached hydrogens (primary N) is 1. The lowest BCUT2D eigenvalue weighted by molar-refractivity contribution is 0.0406. The van der Waals surface area contributed by atoms with E-state index in [-0.39, 0.29) is 11.5 Å². The summed E-state index contributed by atoms with van der Waals surface area (Å²) in [5, 5.41) is 0. The van der Waals surface area contributed by atoms with Crippen LogP contribution in [0, 0.1) is 12.3 Å². The molecule has 108 valence electrons. The Morgan fingerprint density at radius 3 is 2.95 bits per heavy atom. The molecule has 3 nitrogen and oxygen atoms in total. The average molecular weight is 273 g/mol. The summed E-state index contributed by atoms with van der Waals surface area (Å²) in [5.74, 6) is 1.07. The predicted octanol–water partition coefficient (Wildman–Crippen LogP) is 2.59. The Labute approximate surface area is 120 Å². The van der Waals surface area contributed by atoms with Gasteiger partial charge in [-0.25, -0.2) is 0 Å². The Kier molecular flexibility index (Phi) is 2.83. The zero-order valence-electron chi connectivity index (χ0n) is 12.1. The van der Waals surface area contributed by atoms with Crippen LogP contribution in [0.1, 0.15) is 36.8 Å². The number of hydrogen-bond acceptors (Lipinski definition) is 3. The summed E-state index contributed by atoms with van der Waals surface area (Å²) >= 11 is 0. The number of benzene rings is 1. The van der Waals surface area contributed by atoms with Crippen LogP contribution in [0.25, 0.3) is 0 Å². The normalized spacial score (nSPS) is 38.0. The van der Waals surface area contributed by atoms with Crippen molar-refractivity contribution in [2.45, 2.75) is 57.3 Å². The number of rotatable bonds is 3. The molecule has 0 radical (unpaired) electrons. The van der Waals surface area contributed by atoms with Gasteiger partial charge in [0, 0.05) is 18.4 Å². The molecule has 0 amide bonds. The molecule has 2 saturated heterocycles. The van der Waals surface area contributed by atoms with Gasteiger partial charge in [-0.3, -0.25) is 0 Å². The molecule has 1 aromatic rings. The number of fused-ring (bicyclic) bond motifs is 3. The molecule has 0 aromatic heterocycles. The first-order chi connectivity index (χ1) is 9.68. The quantitative estimate of drug-likeness (QED) is 0.920. The van der Waals surface area contributed by atoms with Crippen molar-refractivity contribution in [2.75, 3.05) is 6.54 Å². The lowest BCUT2D eigenvalue weighted by Gasteiger charge is -2.35. The lowest BCUT2D eigenvalue weighted by Crippen LogP contribution is -2.43. The van der Waals surface area contributed by atoms with Gasteiger partial charge in [-0.2, -0.15) is 0 Å². The SMILES string of the molecule is Cc1ccc2c(c1)CC(CC1(CN)CC3CCC1O3)O2. The van der Waals surface area contributed by atoms with Crippen LogP contribution in [0.3, 0.4) is 0 Å². The summed E-state index contributed by atoms with van der Waals surface area (Å²) < 4.78 is 12.2. The van der Waals surface area contributed by atoms with Crippen molar-refractivity contribution >= 4 is 0 Å². The van der Waals surface area contributed by atoms with Crippen molar-refractivity contribution in [1.82, 2.24) is 0 Å². The molecule has 3 aliphatic heterocycles. The van der Waals surface area contributed by atoms with Crippen LogP contribution < -0.4 is 10.5 Å². The molecule has 0 spiro atoms. The second-order valence-electron chi connectivity index (χ2n) is 6.85. The van der Waals surface area contributed by atoms with Gasteiger partial charge in [-0.1, -0.05) is 17.7 Å². The first-order valence-corrected chi connectivity index (χ1v) is 7.80. The molecule has 20 heavy (non-hydrogen) atoms. The van der Waals surface area contributed by atoms with Crippen molar-refractivity contribution in [3.05, 3.63) is 29.3 Å². The molecule has 4 rings (SSSR count). The minimum Gasteiger partial charge on any atom is -0.490 e. The zero-order valence-corrected chi connectivity index (χ0v) is 12.1. The highest BCUT2D eigenvalue weighted by atomic mass is 16.5. The molecule has 4 unspecified atom stereocenters. The highest BCUT2D eigenvalue weighted by molar-refractivity contribution is 5.40. The molecule has 2 N–H and O–H groups in total. The minimum absolute atomic E-state index is 0.157. The van der Waals surface area contributed by atoms with Gasteiger partial charge >= 0.3 is 0 Å². The molecular weight excluding hydrogens is 250 g/mol. The largest absolute Gasteiger partial charge is 0.490 e. The smallest absolute Gasteiger partial charge is 0.123 e. The Balaban J connectivity index is 1.51. The Hall–Kier alpha value is -1.06. The van der Waals surface area contributed by atoms with Crippen LogP contribution in [-0.2, 0) is 11.2 Å². The van der Waals surface area contributed by atoms with Crippen LogP contribution >= 0.6 is 0 Å². The van der Waals surface area contributed by atoms with E-state index in [1.165, 1.54) is 24.0 Å². The third-order valence-corrected chi connectivity index (χ3v) is 5.42. The highest BCUT2D eigenvalue weighted by Gasteiger charge is 2.52. The Morgan fingerprint density at radius 2 is 2.25 bits per heavy atom. The Bertz CT molecular complexity index is 530. The summed E-state index contributed by atoms with van der Waals surface area (Å²) in [6.45, 7) is 2.86. The fourth-order valence-corrected chi connectivity index (χ4v) is 4.42. The van der Waals surface area contributed by atoms with E-state index in [1.807, 2.05) is 0 Å².